The maximum absolute atomic E-state index is 11.8. The van der Waals surface area contributed by atoms with Crippen LogP contribution in [0.1, 0.15) is 44.5 Å². The van der Waals surface area contributed by atoms with Gasteiger partial charge in [0.2, 0.25) is 0 Å². The lowest BCUT2D eigenvalue weighted by molar-refractivity contribution is 0.0953. The van der Waals surface area contributed by atoms with Crippen molar-refractivity contribution in [2.75, 3.05) is 11.9 Å². The van der Waals surface area contributed by atoms with Crippen LogP contribution in [0.3, 0.4) is 0 Å². The van der Waals surface area contributed by atoms with E-state index in [0.717, 1.165) is 18.7 Å². The van der Waals surface area contributed by atoms with Gasteiger partial charge >= 0.3 is 0 Å². The topological polar surface area (TPSA) is 41.1 Å². The third kappa shape index (κ3) is 4.40. The third-order valence-corrected chi connectivity index (χ3v) is 3.05. The molecule has 0 aliphatic carbocycles. The fourth-order valence-electron chi connectivity index (χ4n) is 1.52. The first-order valence-corrected chi connectivity index (χ1v) is 6.69. The molecule has 100 valence electrons. The number of carbonyl (C=O) groups excluding carboxylic acids is 1. The minimum atomic E-state index is -0.00213. The van der Waals surface area contributed by atoms with Crippen molar-refractivity contribution in [2.45, 2.75) is 40.2 Å². The van der Waals surface area contributed by atoms with Crippen molar-refractivity contribution in [3.63, 3.8) is 0 Å². The minimum Gasteiger partial charge on any atom is -0.382 e. The highest BCUT2D eigenvalue weighted by Gasteiger charge is 2.09. The summed E-state index contributed by atoms with van der Waals surface area (Å²) in [5.41, 5.74) is 1.71. The fraction of sp³-hybridized carbons (Fsp3) is 0.533. The van der Waals surface area contributed by atoms with Gasteiger partial charge in [0.15, 0.2) is 0 Å². The van der Waals surface area contributed by atoms with E-state index < -0.39 is 0 Å². The van der Waals surface area contributed by atoms with Gasteiger partial charge in [-0.2, -0.15) is 0 Å². The van der Waals surface area contributed by atoms with Crippen molar-refractivity contribution in [3.05, 3.63) is 29.8 Å². The van der Waals surface area contributed by atoms with Gasteiger partial charge in [-0.15, -0.1) is 0 Å². The van der Waals surface area contributed by atoms with E-state index in [9.17, 15) is 4.79 Å². The second kappa shape index (κ2) is 7.04. The van der Waals surface area contributed by atoms with Crippen LogP contribution in [-0.4, -0.2) is 18.5 Å². The Morgan fingerprint density at radius 3 is 2.61 bits per heavy atom. The molecule has 0 bridgehead atoms. The van der Waals surface area contributed by atoms with Gasteiger partial charge in [-0.25, -0.2) is 0 Å². The van der Waals surface area contributed by atoms with E-state index in [1.807, 2.05) is 31.2 Å². The quantitative estimate of drug-likeness (QED) is 0.811. The van der Waals surface area contributed by atoms with Gasteiger partial charge in [0.25, 0.3) is 5.91 Å². The second-order valence-corrected chi connectivity index (χ2v) is 5.01. The maximum Gasteiger partial charge on any atom is 0.251 e. The number of rotatable bonds is 6. The molecule has 1 amide bonds. The highest BCUT2D eigenvalue weighted by molar-refractivity contribution is 5.95. The Labute approximate surface area is 110 Å². The van der Waals surface area contributed by atoms with Crippen LogP contribution >= 0.6 is 0 Å². The smallest absolute Gasteiger partial charge is 0.251 e. The maximum atomic E-state index is 11.8. The summed E-state index contributed by atoms with van der Waals surface area (Å²) < 4.78 is 0. The first-order chi connectivity index (χ1) is 8.54. The molecule has 0 aliphatic rings. The van der Waals surface area contributed by atoms with Gasteiger partial charge in [-0.3, -0.25) is 4.79 Å². The summed E-state index contributed by atoms with van der Waals surface area (Å²) in [5, 5.41) is 6.30. The number of anilines is 1. The molecule has 0 aromatic heterocycles. The number of nitrogens with one attached hydrogen (secondary N) is 2. The molecule has 0 fully saturated rings. The number of hydrogen-bond donors (Lipinski definition) is 2. The third-order valence-electron chi connectivity index (χ3n) is 3.05. The van der Waals surface area contributed by atoms with Gasteiger partial charge in [0.05, 0.1) is 0 Å². The van der Waals surface area contributed by atoms with E-state index in [4.69, 9.17) is 0 Å². The summed E-state index contributed by atoms with van der Waals surface area (Å²) in [6.45, 7) is 9.26. The molecule has 0 radical (unpaired) electrons. The summed E-state index contributed by atoms with van der Waals surface area (Å²) in [4.78, 5) is 11.8. The van der Waals surface area contributed by atoms with E-state index in [-0.39, 0.29) is 5.91 Å². The van der Waals surface area contributed by atoms with E-state index in [1.165, 1.54) is 0 Å². The largest absolute Gasteiger partial charge is 0.382 e. The summed E-state index contributed by atoms with van der Waals surface area (Å²) in [7, 11) is 0. The first kappa shape index (κ1) is 14.6. The first-order valence-electron chi connectivity index (χ1n) is 6.69. The van der Waals surface area contributed by atoms with Crippen LogP contribution in [0.5, 0.6) is 0 Å². The molecule has 0 saturated heterocycles. The van der Waals surface area contributed by atoms with Crippen LogP contribution in [0.2, 0.25) is 0 Å². The lowest BCUT2D eigenvalue weighted by Gasteiger charge is -2.19. The molecule has 1 rings (SSSR count). The molecule has 1 aromatic rings. The number of benzene rings is 1. The van der Waals surface area contributed by atoms with Gasteiger partial charge in [-0.05, 0) is 37.5 Å². The summed E-state index contributed by atoms with van der Waals surface area (Å²) in [6.07, 6.45) is 0.952. The molecule has 3 heteroatoms. The number of amides is 1. The Morgan fingerprint density at radius 1 is 1.28 bits per heavy atom. The van der Waals surface area contributed by atoms with Gasteiger partial charge in [-0.1, -0.05) is 26.8 Å². The zero-order valence-corrected chi connectivity index (χ0v) is 11.8. The van der Waals surface area contributed by atoms with Crippen molar-refractivity contribution in [1.82, 2.24) is 5.32 Å². The Balaban J connectivity index is 2.70. The number of hydrogen-bond acceptors (Lipinski definition) is 2. The molecule has 1 unspecified atom stereocenters. The van der Waals surface area contributed by atoms with Crippen molar-refractivity contribution in [2.24, 2.45) is 5.92 Å². The lowest BCUT2D eigenvalue weighted by atomic mass is 10.1. The monoisotopic (exact) mass is 248 g/mol. The van der Waals surface area contributed by atoms with Crippen LogP contribution in [0.25, 0.3) is 0 Å². The summed E-state index contributed by atoms with van der Waals surface area (Å²) in [5.74, 6) is 0.556. The molecule has 2 N–H and O–H groups in total. The predicted octanol–water partition coefficient (Wildman–Crippen LogP) is 3.28. The van der Waals surface area contributed by atoms with Crippen molar-refractivity contribution in [3.8, 4) is 0 Å². The fourth-order valence-corrected chi connectivity index (χ4v) is 1.52. The van der Waals surface area contributed by atoms with Crippen molar-refractivity contribution >= 4 is 11.6 Å². The molecule has 1 atom stereocenters. The average molecular weight is 248 g/mol. The molecule has 0 heterocycles. The average Bonchev–Trinajstić information content (AvgIpc) is 2.36. The normalized spacial score (nSPS) is 12.3. The highest BCUT2D eigenvalue weighted by Crippen LogP contribution is 2.14. The zero-order valence-electron chi connectivity index (χ0n) is 11.8. The Morgan fingerprint density at radius 2 is 2.00 bits per heavy atom. The molecule has 0 spiro atoms. The minimum absolute atomic E-state index is 0.00213. The van der Waals surface area contributed by atoms with Crippen LogP contribution in [-0.2, 0) is 0 Å². The van der Waals surface area contributed by atoms with Gasteiger partial charge < -0.3 is 10.6 Å². The van der Waals surface area contributed by atoms with Gasteiger partial charge in [0, 0.05) is 23.8 Å². The lowest BCUT2D eigenvalue weighted by Crippen LogP contribution is -2.25. The molecule has 18 heavy (non-hydrogen) atoms. The molecular formula is C15H24N2O. The summed E-state index contributed by atoms with van der Waals surface area (Å²) in [6, 6.07) is 8.05. The molecule has 0 aliphatic heterocycles. The molecule has 3 nitrogen and oxygen atoms in total. The standard InChI is InChI=1S/C15H24N2O/c1-5-9-16-15(18)13-7-6-8-14(10-13)17-12(4)11(2)3/h6-8,10-12,17H,5,9H2,1-4H3,(H,16,18). The van der Waals surface area contributed by atoms with Crippen LogP contribution in [0.4, 0.5) is 5.69 Å². The van der Waals surface area contributed by atoms with Crippen LogP contribution < -0.4 is 10.6 Å². The van der Waals surface area contributed by atoms with E-state index in [2.05, 4.69) is 31.4 Å². The van der Waals surface area contributed by atoms with Gasteiger partial charge in [0.1, 0.15) is 0 Å². The van der Waals surface area contributed by atoms with Crippen molar-refractivity contribution < 1.29 is 4.79 Å². The van der Waals surface area contributed by atoms with Crippen molar-refractivity contribution in [1.29, 1.82) is 0 Å². The molecular weight excluding hydrogens is 224 g/mol. The Kier molecular flexibility index (Phi) is 5.69. The highest BCUT2D eigenvalue weighted by atomic mass is 16.1. The summed E-state index contributed by atoms with van der Waals surface area (Å²) >= 11 is 0. The molecule has 0 saturated carbocycles. The SMILES string of the molecule is CCCNC(=O)c1cccc(NC(C)C(C)C)c1. The van der Waals surface area contributed by atoms with Crippen LogP contribution in [0.15, 0.2) is 24.3 Å². The molecule has 1 aromatic carbocycles. The predicted molar refractivity (Wildman–Crippen MR) is 77.0 cm³/mol. The van der Waals surface area contributed by atoms with Crippen LogP contribution in [0, 0.1) is 5.92 Å². The Bertz CT molecular complexity index is 388. The zero-order chi connectivity index (χ0) is 13.5. The van der Waals surface area contributed by atoms with E-state index >= 15 is 0 Å². The van der Waals surface area contributed by atoms with E-state index in [1.54, 1.807) is 0 Å². The Hall–Kier alpha value is -1.51. The van der Waals surface area contributed by atoms with E-state index in [0.29, 0.717) is 17.5 Å². The number of carbonyl (C=O) groups is 1. The second-order valence-electron chi connectivity index (χ2n) is 5.01.